The van der Waals surface area contributed by atoms with Crippen LogP contribution in [0.4, 0.5) is 0 Å². The monoisotopic (exact) mass is 336 g/mol. The molecule has 0 bridgehead atoms. The van der Waals surface area contributed by atoms with E-state index < -0.39 is 5.41 Å². The van der Waals surface area contributed by atoms with Crippen molar-refractivity contribution in [3.8, 4) is 5.75 Å². The fourth-order valence-corrected chi connectivity index (χ4v) is 2.77. The lowest BCUT2D eigenvalue weighted by atomic mass is 9.78. The van der Waals surface area contributed by atoms with E-state index in [1.807, 2.05) is 53.7 Å². The number of carbonyl (C=O) groups excluding carboxylic acids is 2. The average Bonchev–Trinajstić information content (AvgIpc) is 2.34. The quantitative estimate of drug-likeness (QED) is 0.430. The lowest BCUT2D eigenvalue weighted by Crippen LogP contribution is -2.26. The van der Waals surface area contributed by atoms with Crippen LogP contribution in [0.25, 0.3) is 0 Å². The predicted octanol–water partition coefficient (Wildman–Crippen LogP) is 3.82. The van der Waals surface area contributed by atoms with E-state index in [-0.39, 0.29) is 31.3 Å². The van der Waals surface area contributed by atoms with Gasteiger partial charge in [0.2, 0.25) is 0 Å². The molecule has 0 aliphatic rings. The first kappa shape index (κ1) is 20.2. The van der Waals surface area contributed by atoms with Gasteiger partial charge in [-0.2, -0.15) is 0 Å². The van der Waals surface area contributed by atoms with Gasteiger partial charge >= 0.3 is 11.9 Å². The van der Waals surface area contributed by atoms with E-state index in [1.165, 1.54) is 6.92 Å². The lowest BCUT2D eigenvalue weighted by molar-refractivity contribution is -0.160. The average molecular weight is 336 g/mol. The normalized spacial score (nSPS) is 11.5. The van der Waals surface area contributed by atoms with Crippen molar-refractivity contribution in [2.45, 2.75) is 66.4 Å². The number of esters is 2. The Hall–Kier alpha value is -1.88. The van der Waals surface area contributed by atoms with Crippen molar-refractivity contribution < 1.29 is 23.8 Å². The topological polar surface area (TPSA) is 61.8 Å². The Morgan fingerprint density at radius 2 is 1.79 bits per heavy atom. The van der Waals surface area contributed by atoms with Crippen LogP contribution < -0.4 is 4.74 Å². The standard InChI is InChI=1S/C19H28O5/c1-12(2)22-11-23-17(21)10-19(6,7)18-14(4)8-13(3)9-16(18)24-15(5)20/h8-9,12H,10-11H2,1-7H3. The van der Waals surface area contributed by atoms with Gasteiger partial charge in [0.05, 0.1) is 12.5 Å². The van der Waals surface area contributed by atoms with Crippen molar-refractivity contribution in [1.82, 2.24) is 0 Å². The molecule has 0 unspecified atom stereocenters. The summed E-state index contributed by atoms with van der Waals surface area (Å²) in [6.07, 6.45) is 0.160. The third-order valence-electron chi connectivity index (χ3n) is 3.58. The second-order valence-corrected chi connectivity index (χ2v) is 6.96. The Kier molecular flexibility index (Phi) is 6.96. The molecule has 5 heteroatoms. The van der Waals surface area contributed by atoms with E-state index >= 15 is 0 Å². The smallest absolute Gasteiger partial charge is 0.308 e. The molecule has 0 amide bonds. The molecule has 0 spiro atoms. The minimum absolute atomic E-state index is 0.000669. The number of benzene rings is 1. The van der Waals surface area contributed by atoms with Crippen molar-refractivity contribution in [2.24, 2.45) is 0 Å². The molecule has 0 radical (unpaired) electrons. The largest absolute Gasteiger partial charge is 0.438 e. The molecule has 5 nitrogen and oxygen atoms in total. The molecule has 0 atom stereocenters. The molecule has 1 rings (SSSR count). The zero-order valence-electron chi connectivity index (χ0n) is 15.7. The Bertz CT molecular complexity index is 602. The fraction of sp³-hybridized carbons (Fsp3) is 0.579. The first-order valence-corrected chi connectivity index (χ1v) is 8.10. The zero-order valence-corrected chi connectivity index (χ0v) is 15.7. The molecule has 0 fully saturated rings. The Morgan fingerprint density at radius 1 is 1.17 bits per heavy atom. The molecule has 0 aromatic heterocycles. The van der Waals surface area contributed by atoms with Crippen molar-refractivity contribution in [1.29, 1.82) is 0 Å². The summed E-state index contributed by atoms with van der Waals surface area (Å²) in [5, 5.41) is 0. The van der Waals surface area contributed by atoms with Gasteiger partial charge in [-0.05, 0) is 44.9 Å². The van der Waals surface area contributed by atoms with Crippen LogP contribution in [0.15, 0.2) is 12.1 Å². The third-order valence-corrected chi connectivity index (χ3v) is 3.58. The van der Waals surface area contributed by atoms with Crippen LogP contribution in [0.1, 0.15) is 57.7 Å². The van der Waals surface area contributed by atoms with Gasteiger partial charge in [0.25, 0.3) is 0 Å². The highest BCUT2D eigenvalue weighted by atomic mass is 16.7. The second kappa shape index (κ2) is 8.29. The maximum atomic E-state index is 12.1. The molecule has 1 aromatic rings. The molecular weight excluding hydrogens is 308 g/mol. The van der Waals surface area contributed by atoms with Crippen LogP contribution in [0.5, 0.6) is 5.75 Å². The van der Waals surface area contributed by atoms with E-state index in [9.17, 15) is 9.59 Å². The first-order valence-electron chi connectivity index (χ1n) is 8.10. The number of hydrogen-bond donors (Lipinski definition) is 0. The summed E-state index contributed by atoms with van der Waals surface area (Å²) in [6.45, 7) is 12.8. The fourth-order valence-electron chi connectivity index (χ4n) is 2.77. The second-order valence-electron chi connectivity index (χ2n) is 6.96. The molecular formula is C19H28O5. The van der Waals surface area contributed by atoms with Crippen LogP contribution in [0, 0.1) is 13.8 Å². The van der Waals surface area contributed by atoms with Crippen molar-refractivity contribution in [3.05, 3.63) is 28.8 Å². The molecule has 24 heavy (non-hydrogen) atoms. The maximum Gasteiger partial charge on any atom is 0.308 e. The van der Waals surface area contributed by atoms with Crippen LogP contribution >= 0.6 is 0 Å². The summed E-state index contributed by atoms with van der Waals surface area (Å²) in [5.41, 5.74) is 2.26. The number of hydrogen-bond acceptors (Lipinski definition) is 5. The van der Waals surface area contributed by atoms with Gasteiger partial charge in [-0.1, -0.05) is 19.9 Å². The van der Waals surface area contributed by atoms with Crippen LogP contribution in [0.3, 0.4) is 0 Å². The summed E-state index contributed by atoms with van der Waals surface area (Å²) >= 11 is 0. The highest BCUT2D eigenvalue weighted by molar-refractivity contribution is 5.73. The van der Waals surface area contributed by atoms with Gasteiger partial charge in [-0.15, -0.1) is 0 Å². The Labute approximate surface area is 144 Å². The van der Waals surface area contributed by atoms with Gasteiger partial charge in [0.1, 0.15) is 5.75 Å². The van der Waals surface area contributed by atoms with E-state index in [0.29, 0.717) is 5.75 Å². The number of aryl methyl sites for hydroxylation is 2. The SMILES string of the molecule is CC(=O)Oc1cc(C)cc(C)c1C(C)(C)CC(=O)OCOC(C)C. The maximum absolute atomic E-state index is 12.1. The highest BCUT2D eigenvalue weighted by Crippen LogP contribution is 2.38. The highest BCUT2D eigenvalue weighted by Gasteiger charge is 2.30. The number of ether oxygens (including phenoxy) is 3. The summed E-state index contributed by atoms with van der Waals surface area (Å²) < 4.78 is 15.7. The summed E-state index contributed by atoms with van der Waals surface area (Å²) in [7, 11) is 0. The number of rotatable bonds is 7. The summed E-state index contributed by atoms with van der Waals surface area (Å²) in [4.78, 5) is 23.5. The molecule has 0 N–H and O–H groups in total. The van der Waals surface area contributed by atoms with Crippen molar-refractivity contribution >= 4 is 11.9 Å². The summed E-state index contributed by atoms with van der Waals surface area (Å²) in [5.74, 6) is -0.240. The molecule has 0 aliphatic heterocycles. The van der Waals surface area contributed by atoms with Crippen molar-refractivity contribution in [3.63, 3.8) is 0 Å². The molecule has 0 aliphatic carbocycles. The van der Waals surface area contributed by atoms with Crippen LogP contribution in [-0.4, -0.2) is 24.8 Å². The van der Waals surface area contributed by atoms with Crippen LogP contribution in [-0.2, 0) is 24.5 Å². The molecule has 0 saturated heterocycles. The predicted molar refractivity (Wildman–Crippen MR) is 92.0 cm³/mol. The molecule has 1 aromatic carbocycles. The minimum atomic E-state index is -0.544. The van der Waals surface area contributed by atoms with E-state index in [2.05, 4.69) is 0 Å². The van der Waals surface area contributed by atoms with Gasteiger partial charge < -0.3 is 14.2 Å². The summed E-state index contributed by atoms with van der Waals surface area (Å²) in [6, 6.07) is 3.83. The molecule has 0 saturated carbocycles. The first-order chi connectivity index (χ1) is 11.0. The van der Waals surface area contributed by atoms with E-state index in [0.717, 1.165) is 16.7 Å². The number of carbonyl (C=O) groups is 2. The van der Waals surface area contributed by atoms with E-state index in [4.69, 9.17) is 14.2 Å². The lowest BCUT2D eigenvalue weighted by Gasteiger charge is -2.28. The Balaban J connectivity index is 3.00. The molecule has 134 valence electrons. The van der Waals surface area contributed by atoms with Gasteiger partial charge in [0.15, 0.2) is 6.79 Å². The van der Waals surface area contributed by atoms with Gasteiger partial charge in [0, 0.05) is 17.9 Å². The van der Waals surface area contributed by atoms with Crippen LogP contribution in [0.2, 0.25) is 0 Å². The van der Waals surface area contributed by atoms with E-state index in [1.54, 1.807) is 0 Å². The van der Waals surface area contributed by atoms with Crippen molar-refractivity contribution in [2.75, 3.05) is 6.79 Å². The van der Waals surface area contributed by atoms with Gasteiger partial charge in [-0.25, -0.2) is 0 Å². The molecule has 0 heterocycles. The Morgan fingerprint density at radius 3 is 2.33 bits per heavy atom. The van der Waals surface area contributed by atoms with Gasteiger partial charge in [-0.3, -0.25) is 9.59 Å². The zero-order chi connectivity index (χ0) is 18.5. The minimum Gasteiger partial charge on any atom is -0.438 e. The third kappa shape index (κ3) is 5.96.